The minimum Gasteiger partial charge on any atom is -0.478 e. The minimum absolute atomic E-state index is 0.250. The molecule has 0 amide bonds. The van der Waals surface area contributed by atoms with Crippen molar-refractivity contribution < 1.29 is 18.7 Å². The standard InChI is InChI=1S/C13H13FN2O3/c1-7-2-3-8(19-7)6-16-10-5-4-9(14)12(15)11(10)13(17)18/h2-5,16H,6,15H2,1H3,(H,17,18). The molecule has 0 saturated carbocycles. The molecule has 0 saturated heterocycles. The van der Waals surface area contributed by atoms with Gasteiger partial charge < -0.3 is 20.6 Å². The van der Waals surface area contributed by atoms with Gasteiger partial charge in [0.25, 0.3) is 0 Å². The average Bonchev–Trinajstić information content (AvgIpc) is 2.76. The first kappa shape index (κ1) is 12.9. The summed E-state index contributed by atoms with van der Waals surface area (Å²) in [6, 6.07) is 6.03. The van der Waals surface area contributed by atoms with Gasteiger partial charge in [0, 0.05) is 0 Å². The molecule has 1 aromatic heterocycles. The zero-order chi connectivity index (χ0) is 14.0. The Morgan fingerprint density at radius 1 is 1.42 bits per heavy atom. The highest BCUT2D eigenvalue weighted by Crippen LogP contribution is 2.25. The minimum atomic E-state index is -1.28. The molecule has 1 aromatic carbocycles. The number of aromatic carboxylic acids is 1. The highest BCUT2D eigenvalue weighted by Gasteiger charge is 2.17. The number of nitrogens with two attached hydrogens (primary N) is 1. The van der Waals surface area contributed by atoms with Crippen LogP contribution in [0, 0.1) is 12.7 Å². The molecule has 0 spiro atoms. The largest absolute Gasteiger partial charge is 0.478 e. The van der Waals surface area contributed by atoms with Crippen molar-refractivity contribution in [2.75, 3.05) is 11.1 Å². The molecular formula is C13H13FN2O3. The Kier molecular flexibility index (Phi) is 3.41. The van der Waals surface area contributed by atoms with E-state index in [4.69, 9.17) is 15.3 Å². The number of nitrogens with one attached hydrogen (secondary N) is 1. The maximum atomic E-state index is 13.3. The van der Waals surface area contributed by atoms with E-state index >= 15 is 0 Å². The predicted molar refractivity (Wildman–Crippen MR) is 68.5 cm³/mol. The summed E-state index contributed by atoms with van der Waals surface area (Å²) in [4.78, 5) is 11.1. The second kappa shape index (κ2) is 5.01. The number of hydrogen-bond donors (Lipinski definition) is 3. The van der Waals surface area contributed by atoms with Gasteiger partial charge in [-0.05, 0) is 31.2 Å². The van der Waals surface area contributed by atoms with Crippen LogP contribution in [0.3, 0.4) is 0 Å². The fourth-order valence-electron chi connectivity index (χ4n) is 1.73. The molecule has 1 heterocycles. The lowest BCUT2D eigenvalue weighted by atomic mass is 10.1. The van der Waals surface area contributed by atoms with Crippen LogP contribution in [0.15, 0.2) is 28.7 Å². The number of benzene rings is 1. The van der Waals surface area contributed by atoms with E-state index in [1.807, 2.05) is 6.92 Å². The van der Waals surface area contributed by atoms with Gasteiger partial charge in [0.15, 0.2) is 0 Å². The van der Waals surface area contributed by atoms with E-state index in [0.29, 0.717) is 12.3 Å². The fraction of sp³-hybridized carbons (Fsp3) is 0.154. The molecule has 0 unspecified atom stereocenters. The van der Waals surface area contributed by atoms with Gasteiger partial charge in [0.1, 0.15) is 22.9 Å². The maximum absolute atomic E-state index is 13.3. The molecule has 2 aromatic rings. The van der Waals surface area contributed by atoms with Crippen LogP contribution in [0.1, 0.15) is 21.9 Å². The number of carboxylic acids is 1. The smallest absolute Gasteiger partial charge is 0.340 e. The zero-order valence-electron chi connectivity index (χ0n) is 10.2. The molecule has 100 valence electrons. The number of rotatable bonds is 4. The molecule has 0 atom stereocenters. The molecule has 19 heavy (non-hydrogen) atoms. The SMILES string of the molecule is Cc1ccc(CNc2ccc(F)c(N)c2C(=O)O)o1. The van der Waals surface area contributed by atoms with Crippen LogP contribution >= 0.6 is 0 Å². The summed E-state index contributed by atoms with van der Waals surface area (Å²) in [6.45, 7) is 2.10. The van der Waals surface area contributed by atoms with E-state index in [1.54, 1.807) is 12.1 Å². The summed E-state index contributed by atoms with van der Waals surface area (Å²) < 4.78 is 18.6. The Morgan fingerprint density at radius 3 is 2.74 bits per heavy atom. The monoisotopic (exact) mass is 264 g/mol. The molecule has 0 aliphatic heterocycles. The van der Waals surface area contributed by atoms with E-state index < -0.39 is 11.8 Å². The second-order valence-corrected chi connectivity index (χ2v) is 4.05. The highest BCUT2D eigenvalue weighted by molar-refractivity contribution is 6.00. The maximum Gasteiger partial charge on any atom is 0.340 e. The van der Waals surface area contributed by atoms with Crippen LogP contribution < -0.4 is 11.1 Å². The Labute approximate surface area is 108 Å². The third-order valence-corrected chi connectivity index (χ3v) is 2.66. The summed E-state index contributed by atoms with van der Waals surface area (Å²) in [5, 5.41) is 11.9. The lowest BCUT2D eigenvalue weighted by molar-refractivity contribution is 0.0698. The lowest BCUT2D eigenvalue weighted by Crippen LogP contribution is -2.10. The van der Waals surface area contributed by atoms with E-state index in [1.165, 1.54) is 6.07 Å². The number of furan rings is 1. The van der Waals surface area contributed by atoms with Crippen LogP contribution in [0.2, 0.25) is 0 Å². The van der Waals surface area contributed by atoms with E-state index in [0.717, 1.165) is 11.8 Å². The molecule has 0 aliphatic rings. The average molecular weight is 264 g/mol. The number of hydrogen-bond acceptors (Lipinski definition) is 4. The molecule has 5 nitrogen and oxygen atoms in total. The number of anilines is 2. The van der Waals surface area contributed by atoms with E-state index in [9.17, 15) is 9.18 Å². The first-order valence-electron chi connectivity index (χ1n) is 5.59. The number of aryl methyl sites for hydroxylation is 1. The van der Waals surface area contributed by atoms with Crippen LogP contribution in [-0.4, -0.2) is 11.1 Å². The van der Waals surface area contributed by atoms with Crippen LogP contribution in [0.25, 0.3) is 0 Å². The van der Waals surface area contributed by atoms with Crippen molar-refractivity contribution in [2.45, 2.75) is 13.5 Å². The molecular weight excluding hydrogens is 251 g/mol. The van der Waals surface area contributed by atoms with Gasteiger partial charge in [-0.1, -0.05) is 0 Å². The first-order chi connectivity index (χ1) is 8.99. The number of carbonyl (C=O) groups is 1. The van der Waals surface area contributed by atoms with Crippen LogP contribution in [0.5, 0.6) is 0 Å². The normalized spacial score (nSPS) is 10.4. The Balaban J connectivity index is 2.25. The van der Waals surface area contributed by atoms with Crippen molar-refractivity contribution in [1.82, 2.24) is 0 Å². The third-order valence-electron chi connectivity index (χ3n) is 2.66. The van der Waals surface area contributed by atoms with Crippen molar-refractivity contribution in [1.29, 1.82) is 0 Å². The number of nitrogen functional groups attached to an aromatic ring is 1. The zero-order valence-corrected chi connectivity index (χ0v) is 10.2. The van der Waals surface area contributed by atoms with Crippen molar-refractivity contribution in [3.8, 4) is 0 Å². The molecule has 0 bridgehead atoms. The Hall–Kier alpha value is -2.50. The fourth-order valence-corrected chi connectivity index (χ4v) is 1.73. The van der Waals surface area contributed by atoms with Crippen molar-refractivity contribution in [3.63, 3.8) is 0 Å². The molecule has 0 aliphatic carbocycles. The van der Waals surface area contributed by atoms with E-state index in [-0.39, 0.29) is 16.9 Å². The van der Waals surface area contributed by atoms with Crippen molar-refractivity contribution in [2.24, 2.45) is 0 Å². The van der Waals surface area contributed by atoms with Gasteiger partial charge in [0.2, 0.25) is 0 Å². The van der Waals surface area contributed by atoms with Gasteiger partial charge in [0.05, 0.1) is 17.9 Å². The quantitative estimate of drug-likeness (QED) is 0.739. The van der Waals surface area contributed by atoms with Gasteiger partial charge in [-0.15, -0.1) is 0 Å². The number of carboxylic acid groups (broad SMARTS) is 1. The predicted octanol–water partition coefficient (Wildman–Crippen LogP) is 2.62. The summed E-state index contributed by atoms with van der Waals surface area (Å²) in [5.41, 5.74) is 5.03. The van der Waals surface area contributed by atoms with Crippen molar-refractivity contribution >= 4 is 17.3 Å². The molecule has 4 N–H and O–H groups in total. The van der Waals surface area contributed by atoms with Gasteiger partial charge in [-0.25, -0.2) is 9.18 Å². The van der Waals surface area contributed by atoms with Gasteiger partial charge in [-0.3, -0.25) is 0 Å². The summed E-state index contributed by atoms with van der Waals surface area (Å²) in [5.74, 6) is -0.627. The summed E-state index contributed by atoms with van der Waals surface area (Å²) in [7, 11) is 0. The summed E-state index contributed by atoms with van der Waals surface area (Å²) >= 11 is 0. The third kappa shape index (κ3) is 2.67. The van der Waals surface area contributed by atoms with Crippen molar-refractivity contribution in [3.05, 3.63) is 47.2 Å². The van der Waals surface area contributed by atoms with Gasteiger partial charge in [-0.2, -0.15) is 0 Å². The topological polar surface area (TPSA) is 88.5 Å². The number of halogens is 1. The Morgan fingerprint density at radius 2 is 2.16 bits per heavy atom. The van der Waals surface area contributed by atoms with E-state index in [2.05, 4.69) is 5.32 Å². The first-order valence-corrected chi connectivity index (χ1v) is 5.59. The highest BCUT2D eigenvalue weighted by atomic mass is 19.1. The molecule has 0 radical (unpaired) electrons. The lowest BCUT2D eigenvalue weighted by Gasteiger charge is -2.11. The summed E-state index contributed by atoms with van der Waals surface area (Å²) in [6.07, 6.45) is 0. The molecule has 2 rings (SSSR count). The molecule has 6 heteroatoms. The van der Waals surface area contributed by atoms with Gasteiger partial charge >= 0.3 is 5.97 Å². The Bertz CT molecular complexity index is 622. The second-order valence-electron chi connectivity index (χ2n) is 4.05. The molecule has 0 fully saturated rings. The van der Waals surface area contributed by atoms with Crippen LogP contribution in [0.4, 0.5) is 15.8 Å². The van der Waals surface area contributed by atoms with Crippen LogP contribution in [-0.2, 0) is 6.54 Å².